The van der Waals surface area contributed by atoms with Crippen LogP contribution in [0.1, 0.15) is 11.1 Å². The van der Waals surface area contributed by atoms with E-state index in [1.54, 1.807) is 0 Å². The summed E-state index contributed by atoms with van der Waals surface area (Å²) in [6.07, 6.45) is 0.373. The van der Waals surface area contributed by atoms with Crippen LogP contribution in [0.15, 0.2) is 48.5 Å². The molecule has 1 saturated heterocycles. The molecule has 25 heavy (non-hydrogen) atoms. The number of halogens is 2. The van der Waals surface area contributed by atoms with Crippen LogP contribution in [0.5, 0.6) is 5.75 Å². The largest absolute Gasteiger partial charge is 0.489 e. The lowest BCUT2D eigenvalue weighted by Crippen LogP contribution is -2.48. The molecule has 0 spiro atoms. The van der Waals surface area contributed by atoms with Crippen molar-refractivity contribution < 1.29 is 9.53 Å². The lowest BCUT2D eigenvalue weighted by atomic mass is 10.0. The molecule has 0 atom stereocenters. The van der Waals surface area contributed by atoms with E-state index < -0.39 is 0 Å². The highest BCUT2D eigenvalue weighted by atomic mass is 35.5. The Morgan fingerprint density at radius 1 is 1.16 bits per heavy atom. The van der Waals surface area contributed by atoms with E-state index in [4.69, 9.17) is 16.3 Å². The molecule has 0 saturated carbocycles. The number of carbonyl (C=O) groups is 1. The number of ether oxygens (including phenoxy) is 1. The molecule has 0 aromatic heterocycles. The molecule has 1 heterocycles. The van der Waals surface area contributed by atoms with Crippen LogP contribution in [-0.4, -0.2) is 25.5 Å². The van der Waals surface area contributed by atoms with E-state index in [1.807, 2.05) is 48.5 Å². The van der Waals surface area contributed by atoms with Gasteiger partial charge in [0, 0.05) is 30.6 Å². The Balaban J connectivity index is 0.00000225. The Morgan fingerprint density at radius 2 is 1.92 bits per heavy atom. The van der Waals surface area contributed by atoms with Crippen LogP contribution in [0.2, 0.25) is 5.02 Å². The molecule has 134 valence electrons. The van der Waals surface area contributed by atoms with Crippen LogP contribution in [-0.2, 0) is 17.8 Å². The molecule has 1 aliphatic heterocycles. The summed E-state index contributed by atoms with van der Waals surface area (Å²) in [5, 5.41) is 6.89. The summed E-state index contributed by atoms with van der Waals surface area (Å²) in [6, 6.07) is 15.2. The van der Waals surface area contributed by atoms with Crippen molar-refractivity contribution in [3.05, 3.63) is 64.7 Å². The molecular formula is C19H22Cl2N2O2. The Labute approximate surface area is 159 Å². The van der Waals surface area contributed by atoms with Gasteiger partial charge in [-0.2, -0.15) is 0 Å². The number of hydrogen-bond donors (Lipinski definition) is 2. The van der Waals surface area contributed by atoms with Crippen molar-refractivity contribution in [3.8, 4) is 5.75 Å². The van der Waals surface area contributed by atoms with Gasteiger partial charge in [0.15, 0.2) is 0 Å². The van der Waals surface area contributed by atoms with Gasteiger partial charge in [-0.3, -0.25) is 4.79 Å². The summed E-state index contributed by atoms with van der Waals surface area (Å²) in [4.78, 5) is 12.0. The zero-order chi connectivity index (χ0) is 16.8. The molecule has 1 amide bonds. The van der Waals surface area contributed by atoms with E-state index in [2.05, 4.69) is 10.6 Å². The van der Waals surface area contributed by atoms with Crippen molar-refractivity contribution in [2.45, 2.75) is 13.0 Å². The van der Waals surface area contributed by atoms with Gasteiger partial charge in [0.1, 0.15) is 12.4 Å². The third-order valence-electron chi connectivity index (χ3n) is 4.04. The lowest BCUT2D eigenvalue weighted by molar-refractivity contribution is -0.120. The first-order valence-electron chi connectivity index (χ1n) is 8.12. The van der Waals surface area contributed by atoms with E-state index >= 15 is 0 Å². The number of benzene rings is 2. The SMILES string of the molecule is Cl.O=C(Cc1cccc(OCc2ccc(Cl)cc2)c1)NCC1CNC1. The van der Waals surface area contributed by atoms with Crippen LogP contribution < -0.4 is 15.4 Å². The second kappa shape index (κ2) is 9.66. The topological polar surface area (TPSA) is 50.4 Å². The predicted molar refractivity (Wildman–Crippen MR) is 103 cm³/mol. The predicted octanol–water partition coefficient (Wildman–Crippen LogP) is 3.22. The van der Waals surface area contributed by atoms with Gasteiger partial charge in [0.05, 0.1) is 6.42 Å². The average molecular weight is 381 g/mol. The second-order valence-corrected chi connectivity index (χ2v) is 6.50. The average Bonchev–Trinajstić information content (AvgIpc) is 2.53. The van der Waals surface area contributed by atoms with Gasteiger partial charge in [0.2, 0.25) is 5.91 Å². The molecule has 2 N–H and O–H groups in total. The second-order valence-electron chi connectivity index (χ2n) is 6.07. The van der Waals surface area contributed by atoms with Crippen LogP contribution in [0.4, 0.5) is 0 Å². The van der Waals surface area contributed by atoms with Crippen molar-refractivity contribution in [1.82, 2.24) is 10.6 Å². The number of hydrogen-bond acceptors (Lipinski definition) is 3. The highest BCUT2D eigenvalue weighted by molar-refractivity contribution is 6.30. The van der Waals surface area contributed by atoms with E-state index in [9.17, 15) is 4.79 Å². The fourth-order valence-corrected chi connectivity index (χ4v) is 2.62. The molecule has 1 fully saturated rings. The molecule has 0 bridgehead atoms. The minimum atomic E-state index is 0. The number of nitrogens with one attached hydrogen (secondary N) is 2. The first-order valence-corrected chi connectivity index (χ1v) is 8.50. The summed E-state index contributed by atoms with van der Waals surface area (Å²) < 4.78 is 5.80. The molecule has 2 aromatic carbocycles. The zero-order valence-electron chi connectivity index (χ0n) is 13.8. The number of rotatable bonds is 7. The standard InChI is InChI=1S/C19H21ClN2O2.ClH/c20-17-6-4-14(5-7-17)13-24-18-3-1-2-15(8-18)9-19(23)22-12-16-10-21-11-16;/h1-8,16,21H,9-13H2,(H,22,23);1H. The van der Waals surface area contributed by atoms with Crippen LogP contribution in [0.3, 0.4) is 0 Å². The Bertz CT molecular complexity index is 688. The van der Waals surface area contributed by atoms with Gasteiger partial charge >= 0.3 is 0 Å². The highest BCUT2D eigenvalue weighted by Crippen LogP contribution is 2.17. The normalized spacial score (nSPS) is 13.5. The molecule has 4 nitrogen and oxygen atoms in total. The third-order valence-corrected chi connectivity index (χ3v) is 4.29. The Hall–Kier alpha value is -1.75. The van der Waals surface area contributed by atoms with E-state index in [0.717, 1.165) is 36.5 Å². The highest BCUT2D eigenvalue weighted by Gasteiger charge is 2.17. The van der Waals surface area contributed by atoms with Crippen molar-refractivity contribution >= 4 is 29.9 Å². The molecule has 1 aliphatic rings. The van der Waals surface area contributed by atoms with Crippen LogP contribution in [0.25, 0.3) is 0 Å². The van der Waals surface area contributed by atoms with Crippen molar-refractivity contribution in [2.75, 3.05) is 19.6 Å². The van der Waals surface area contributed by atoms with E-state index in [-0.39, 0.29) is 18.3 Å². The molecule has 6 heteroatoms. The minimum Gasteiger partial charge on any atom is -0.489 e. The lowest BCUT2D eigenvalue weighted by Gasteiger charge is -2.27. The molecule has 0 unspecified atom stereocenters. The quantitative estimate of drug-likeness (QED) is 0.775. The first kappa shape index (κ1) is 19.6. The maximum absolute atomic E-state index is 12.0. The van der Waals surface area contributed by atoms with Gasteiger partial charge in [0.25, 0.3) is 0 Å². The van der Waals surface area contributed by atoms with Gasteiger partial charge in [-0.05, 0) is 35.4 Å². The molecule has 2 aromatic rings. The molecule has 0 radical (unpaired) electrons. The number of amides is 1. The van der Waals surface area contributed by atoms with Crippen molar-refractivity contribution in [1.29, 1.82) is 0 Å². The third kappa shape index (κ3) is 6.24. The maximum atomic E-state index is 12.0. The first-order chi connectivity index (χ1) is 11.7. The maximum Gasteiger partial charge on any atom is 0.224 e. The van der Waals surface area contributed by atoms with Crippen molar-refractivity contribution in [2.24, 2.45) is 5.92 Å². The summed E-state index contributed by atoms with van der Waals surface area (Å²) >= 11 is 5.87. The van der Waals surface area contributed by atoms with Crippen molar-refractivity contribution in [3.63, 3.8) is 0 Å². The van der Waals surface area contributed by atoms with Gasteiger partial charge in [-0.25, -0.2) is 0 Å². The van der Waals surface area contributed by atoms with Gasteiger partial charge < -0.3 is 15.4 Å². The van der Waals surface area contributed by atoms with E-state index in [0.29, 0.717) is 24.0 Å². The molecular weight excluding hydrogens is 359 g/mol. The minimum absolute atomic E-state index is 0. The van der Waals surface area contributed by atoms with Gasteiger partial charge in [-0.1, -0.05) is 35.9 Å². The molecule has 3 rings (SSSR count). The smallest absolute Gasteiger partial charge is 0.224 e. The van der Waals surface area contributed by atoms with E-state index in [1.165, 1.54) is 0 Å². The fraction of sp³-hybridized carbons (Fsp3) is 0.316. The monoisotopic (exact) mass is 380 g/mol. The van der Waals surface area contributed by atoms with Crippen LogP contribution in [0, 0.1) is 5.92 Å². The molecule has 0 aliphatic carbocycles. The summed E-state index contributed by atoms with van der Waals surface area (Å²) in [7, 11) is 0. The number of carbonyl (C=O) groups excluding carboxylic acids is 1. The zero-order valence-corrected chi connectivity index (χ0v) is 15.4. The Kier molecular flexibility index (Phi) is 7.56. The van der Waals surface area contributed by atoms with Gasteiger partial charge in [-0.15, -0.1) is 12.4 Å². The summed E-state index contributed by atoms with van der Waals surface area (Å²) in [6.45, 7) is 3.21. The fourth-order valence-electron chi connectivity index (χ4n) is 2.49. The summed E-state index contributed by atoms with van der Waals surface area (Å²) in [5.41, 5.74) is 2.00. The summed E-state index contributed by atoms with van der Waals surface area (Å²) in [5.74, 6) is 1.39. The van der Waals surface area contributed by atoms with Crippen LogP contribution >= 0.6 is 24.0 Å². The Morgan fingerprint density at radius 3 is 2.60 bits per heavy atom.